The van der Waals surface area contributed by atoms with Crippen LogP contribution in [0.15, 0.2) is 24.3 Å². The number of carbonyl (C=O) groups excluding carboxylic acids is 1. The zero-order valence-corrected chi connectivity index (χ0v) is 14.9. The summed E-state index contributed by atoms with van der Waals surface area (Å²) >= 11 is 0. The van der Waals surface area contributed by atoms with Crippen molar-refractivity contribution < 1.29 is 34.2 Å². The third kappa shape index (κ3) is 7.36. The van der Waals surface area contributed by atoms with Crippen molar-refractivity contribution in [2.75, 3.05) is 6.54 Å². The minimum absolute atomic E-state index is 0.0176. The number of rotatable bonds is 10. The van der Waals surface area contributed by atoms with E-state index in [0.717, 1.165) is 6.92 Å². The Morgan fingerprint density at radius 2 is 1.72 bits per heavy atom. The molecule has 9 heteroatoms. The average molecular weight is 373 g/mol. The van der Waals surface area contributed by atoms with E-state index in [1.807, 2.05) is 0 Å². The van der Waals surface area contributed by atoms with Gasteiger partial charge in [0, 0.05) is 12.1 Å². The van der Waals surface area contributed by atoms with Gasteiger partial charge in [-0.25, -0.2) is 0 Å². The fourth-order valence-corrected chi connectivity index (χ4v) is 2.61. The second kappa shape index (κ2) is 9.10. The number of nitrogens with one attached hydrogen (secondary N) is 1. The molecule has 0 fully saturated rings. The Hall–Kier alpha value is -1.73. The number of carboxylic acids is 1. The van der Waals surface area contributed by atoms with Gasteiger partial charge >= 0.3 is 13.6 Å². The highest BCUT2D eigenvalue weighted by molar-refractivity contribution is 7.53. The van der Waals surface area contributed by atoms with Crippen molar-refractivity contribution in [2.45, 2.75) is 44.4 Å². The van der Waals surface area contributed by atoms with E-state index in [0.29, 0.717) is 36.9 Å². The lowest BCUT2D eigenvalue weighted by molar-refractivity contribution is -0.136. The van der Waals surface area contributed by atoms with Gasteiger partial charge in [-0.2, -0.15) is 0 Å². The van der Waals surface area contributed by atoms with Crippen LogP contribution < -0.4 is 5.32 Å². The Labute approximate surface area is 146 Å². The lowest BCUT2D eigenvalue weighted by Crippen LogP contribution is -2.25. The van der Waals surface area contributed by atoms with Crippen LogP contribution in [0, 0.1) is 0 Å². The molecule has 1 rings (SSSR count). The molecule has 1 unspecified atom stereocenters. The van der Waals surface area contributed by atoms with Gasteiger partial charge in [0.15, 0.2) is 5.34 Å². The summed E-state index contributed by atoms with van der Waals surface area (Å²) in [6.07, 6.45) is 1.53. The summed E-state index contributed by atoms with van der Waals surface area (Å²) in [5, 5.41) is 19.0. The van der Waals surface area contributed by atoms with Crippen LogP contribution in [-0.2, 0) is 15.8 Å². The van der Waals surface area contributed by atoms with Crippen molar-refractivity contribution >= 4 is 19.5 Å². The van der Waals surface area contributed by atoms with E-state index in [-0.39, 0.29) is 18.7 Å². The summed E-state index contributed by atoms with van der Waals surface area (Å²) in [5.41, 5.74) is 1.04. The molecule has 0 saturated carbocycles. The number of aliphatic hydroxyl groups is 1. The maximum atomic E-state index is 11.9. The lowest BCUT2D eigenvalue weighted by Gasteiger charge is -2.24. The van der Waals surface area contributed by atoms with Crippen molar-refractivity contribution in [3.63, 3.8) is 0 Å². The second-order valence-corrected chi connectivity index (χ2v) is 8.15. The number of hydrogen-bond acceptors (Lipinski definition) is 4. The van der Waals surface area contributed by atoms with Crippen LogP contribution >= 0.6 is 7.60 Å². The molecule has 5 N–H and O–H groups in total. The molecule has 25 heavy (non-hydrogen) atoms. The van der Waals surface area contributed by atoms with Gasteiger partial charge in [0.25, 0.3) is 5.91 Å². The highest BCUT2D eigenvalue weighted by Crippen LogP contribution is 2.50. The standard InChI is InChI=1S/C16H24NO7P/c1-16(21,25(22,23)24)9-3-2-4-10-17-15(20)13-7-5-12(6-8-13)11-14(18)19/h5-8,21H,2-4,9-11H2,1H3,(H,17,20)(H,18,19)(H2,22,23,24). The summed E-state index contributed by atoms with van der Waals surface area (Å²) in [7, 11) is -4.54. The molecular formula is C16H24NO7P. The molecule has 140 valence electrons. The minimum Gasteiger partial charge on any atom is -0.481 e. The van der Waals surface area contributed by atoms with Gasteiger partial charge in [-0.15, -0.1) is 0 Å². The van der Waals surface area contributed by atoms with Crippen LogP contribution in [0.4, 0.5) is 0 Å². The van der Waals surface area contributed by atoms with Crippen LogP contribution in [0.2, 0.25) is 0 Å². The molecule has 0 aliphatic carbocycles. The third-order valence-corrected chi connectivity index (χ3v) is 5.29. The number of carbonyl (C=O) groups is 2. The van der Waals surface area contributed by atoms with Crippen molar-refractivity contribution in [1.29, 1.82) is 0 Å². The zero-order valence-electron chi connectivity index (χ0n) is 14.0. The average Bonchev–Trinajstić information content (AvgIpc) is 2.49. The second-order valence-electron chi connectivity index (χ2n) is 6.10. The largest absolute Gasteiger partial charge is 0.481 e. The number of carboxylic acid groups (broad SMARTS) is 1. The summed E-state index contributed by atoms with van der Waals surface area (Å²) in [4.78, 5) is 40.5. The van der Waals surface area contributed by atoms with Crippen LogP contribution in [0.1, 0.15) is 48.5 Å². The number of aliphatic carboxylic acids is 1. The number of amides is 1. The topological polar surface area (TPSA) is 144 Å². The quantitative estimate of drug-likeness (QED) is 0.309. The van der Waals surface area contributed by atoms with Crippen LogP contribution in [0.5, 0.6) is 0 Å². The van der Waals surface area contributed by atoms with Gasteiger partial charge in [0.05, 0.1) is 6.42 Å². The predicted molar refractivity (Wildman–Crippen MR) is 91.3 cm³/mol. The number of hydrogen-bond donors (Lipinski definition) is 5. The van der Waals surface area contributed by atoms with Gasteiger partial charge in [-0.3, -0.25) is 14.2 Å². The first-order chi connectivity index (χ1) is 11.5. The van der Waals surface area contributed by atoms with Crippen LogP contribution in [0.3, 0.4) is 0 Å². The van der Waals surface area contributed by atoms with E-state index in [1.165, 1.54) is 0 Å². The van der Waals surface area contributed by atoms with Gasteiger partial charge in [-0.1, -0.05) is 18.6 Å². The van der Waals surface area contributed by atoms with E-state index in [1.54, 1.807) is 24.3 Å². The van der Waals surface area contributed by atoms with Gasteiger partial charge in [0.2, 0.25) is 0 Å². The molecule has 0 aliphatic rings. The first-order valence-electron chi connectivity index (χ1n) is 7.90. The van der Waals surface area contributed by atoms with E-state index in [2.05, 4.69) is 5.32 Å². The molecule has 0 aromatic heterocycles. The molecule has 0 heterocycles. The van der Waals surface area contributed by atoms with Gasteiger partial charge < -0.3 is 25.3 Å². The Bertz CT molecular complexity index is 636. The molecule has 8 nitrogen and oxygen atoms in total. The normalized spacial score (nSPS) is 13.9. The Morgan fingerprint density at radius 3 is 2.24 bits per heavy atom. The van der Waals surface area contributed by atoms with Crippen LogP contribution in [0.25, 0.3) is 0 Å². The van der Waals surface area contributed by atoms with Crippen molar-refractivity contribution in [2.24, 2.45) is 0 Å². The lowest BCUT2D eigenvalue weighted by atomic mass is 10.1. The van der Waals surface area contributed by atoms with E-state index in [9.17, 15) is 19.3 Å². The SMILES string of the molecule is CC(O)(CCCCCNC(=O)c1ccc(CC(=O)O)cc1)P(=O)(O)O. The molecular weight excluding hydrogens is 349 g/mol. The Morgan fingerprint density at radius 1 is 1.12 bits per heavy atom. The predicted octanol–water partition coefficient (Wildman–Crippen LogP) is 1.49. The molecule has 1 aromatic carbocycles. The van der Waals surface area contributed by atoms with E-state index >= 15 is 0 Å². The summed E-state index contributed by atoms with van der Waals surface area (Å²) in [5.74, 6) is -1.21. The summed E-state index contributed by atoms with van der Waals surface area (Å²) < 4.78 is 11.1. The maximum absolute atomic E-state index is 11.9. The van der Waals surface area contributed by atoms with E-state index < -0.39 is 18.9 Å². The smallest absolute Gasteiger partial charge is 0.356 e. The maximum Gasteiger partial charge on any atom is 0.356 e. The van der Waals surface area contributed by atoms with Crippen molar-refractivity contribution in [3.05, 3.63) is 35.4 Å². The first-order valence-corrected chi connectivity index (χ1v) is 9.51. The monoisotopic (exact) mass is 373 g/mol. The summed E-state index contributed by atoms with van der Waals surface area (Å²) in [6.45, 7) is 1.51. The molecule has 1 amide bonds. The Balaban J connectivity index is 2.29. The highest BCUT2D eigenvalue weighted by atomic mass is 31.2. The molecule has 0 spiro atoms. The summed E-state index contributed by atoms with van der Waals surface area (Å²) in [6, 6.07) is 6.30. The first kappa shape index (κ1) is 21.3. The van der Waals surface area contributed by atoms with Gasteiger partial charge in [0.1, 0.15) is 0 Å². The van der Waals surface area contributed by atoms with Crippen molar-refractivity contribution in [3.8, 4) is 0 Å². The van der Waals surface area contributed by atoms with E-state index in [4.69, 9.17) is 14.9 Å². The van der Waals surface area contributed by atoms with Gasteiger partial charge in [-0.05, 0) is 43.9 Å². The molecule has 1 atom stereocenters. The molecule has 0 radical (unpaired) electrons. The molecule has 0 saturated heterocycles. The number of unbranched alkanes of at least 4 members (excludes halogenated alkanes) is 2. The fraction of sp³-hybridized carbons (Fsp3) is 0.500. The van der Waals surface area contributed by atoms with Crippen LogP contribution in [-0.4, -0.2) is 43.8 Å². The molecule has 0 aliphatic heterocycles. The molecule has 1 aromatic rings. The molecule has 0 bridgehead atoms. The van der Waals surface area contributed by atoms with Crippen molar-refractivity contribution in [1.82, 2.24) is 5.32 Å². The highest BCUT2D eigenvalue weighted by Gasteiger charge is 2.39. The zero-order chi connectivity index (χ0) is 19.1. The fourth-order valence-electron chi connectivity index (χ4n) is 2.16. The number of benzene rings is 1. The minimum atomic E-state index is -4.54. The third-order valence-electron chi connectivity index (χ3n) is 3.81. The Kier molecular flexibility index (Phi) is 7.76.